The van der Waals surface area contributed by atoms with Crippen molar-refractivity contribution in [3.05, 3.63) is 45.8 Å². The number of anilines is 1. The number of sulfonamides is 1. The van der Waals surface area contributed by atoms with Crippen LogP contribution in [-0.2, 0) is 35.3 Å². The summed E-state index contributed by atoms with van der Waals surface area (Å²) in [6, 6.07) is 1.57. The van der Waals surface area contributed by atoms with Gasteiger partial charge in [0.15, 0.2) is 6.61 Å². The average Bonchev–Trinajstić information content (AvgIpc) is 3.08. The van der Waals surface area contributed by atoms with Crippen LogP contribution < -0.4 is 10.0 Å². The molecule has 0 fully saturated rings. The maximum atomic E-state index is 13.0. The fourth-order valence-electron chi connectivity index (χ4n) is 3.08. The minimum Gasteiger partial charge on any atom is -0.462 e. The van der Waals surface area contributed by atoms with E-state index < -0.39 is 63.1 Å². The first kappa shape index (κ1) is 30.3. The van der Waals surface area contributed by atoms with Gasteiger partial charge in [-0.3, -0.25) is 9.59 Å². The third-order valence-electron chi connectivity index (χ3n) is 5.14. The number of ether oxygens (including phenoxy) is 2. The molecule has 37 heavy (non-hydrogen) atoms. The number of carbonyl (C=O) groups excluding carboxylic acids is 3. The Morgan fingerprint density at radius 1 is 1.11 bits per heavy atom. The van der Waals surface area contributed by atoms with Gasteiger partial charge in [-0.2, -0.15) is 17.9 Å². The molecule has 1 atom stereocenters. The quantitative estimate of drug-likeness (QED) is 0.417. The Morgan fingerprint density at radius 2 is 1.76 bits per heavy atom. The molecule has 0 aliphatic rings. The largest absolute Gasteiger partial charge is 0.462 e. The van der Waals surface area contributed by atoms with E-state index in [1.807, 2.05) is 4.72 Å². The highest BCUT2D eigenvalue weighted by atomic mass is 32.2. The lowest BCUT2D eigenvalue weighted by molar-refractivity contribution is -0.150. The number of esters is 2. The van der Waals surface area contributed by atoms with Crippen LogP contribution in [0.2, 0.25) is 0 Å². The van der Waals surface area contributed by atoms with Crippen molar-refractivity contribution in [3.8, 4) is 0 Å². The van der Waals surface area contributed by atoms with E-state index >= 15 is 0 Å². The van der Waals surface area contributed by atoms with Gasteiger partial charge in [-0.1, -0.05) is 19.9 Å². The average molecular weight is 565 g/mol. The van der Waals surface area contributed by atoms with Crippen molar-refractivity contribution in [2.45, 2.75) is 51.7 Å². The SMILES string of the molecule is CCOC(=O)c1c(NC(=O)COC(=O)[C@@H](NS(=O)(=O)c2cccc(C(F)(F)F)c2)C(C)C)sc(C)c1C. The monoisotopic (exact) mass is 564 g/mol. The van der Waals surface area contributed by atoms with Gasteiger partial charge >= 0.3 is 18.1 Å². The van der Waals surface area contributed by atoms with Crippen LogP contribution in [0.1, 0.15) is 47.1 Å². The highest BCUT2D eigenvalue weighted by Gasteiger charge is 2.34. The summed E-state index contributed by atoms with van der Waals surface area (Å²) >= 11 is 1.13. The second-order valence-electron chi connectivity index (χ2n) is 8.23. The van der Waals surface area contributed by atoms with Crippen molar-refractivity contribution in [1.82, 2.24) is 4.72 Å². The van der Waals surface area contributed by atoms with E-state index in [0.29, 0.717) is 11.6 Å². The predicted octanol–water partition coefficient (Wildman–Crippen LogP) is 4.05. The normalized spacial score (nSPS) is 12.8. The van der Waals surface area contributed by atoms with Crippen LogP contribution in [-0.4, -0.2) is 45.5 Å². The van der Waals surface area contributed by atoms with E-state index in [0.717, 1.165) is 34.4 Å². The Kier molecular flexibility index (Phi) is 9.85. The molecule has 1 aromatic heterocycles. The highest BCUT2D eigenvalue weighted by molar-refractivity contribution is 7.89. The molecule has 1 heterocycles. The molecule has 1 aromatic carbocycles. The first-order valence-corrected chi connectivity index (χ1v) is 13.3. The van der Waals surface area contributed by atoms with E-state index in [4.69, 9.17) is 9.47 Å². The Balaban J connectivity index is 2.12. The predicted molar refractivity (Wildman–Crippen MR) is 130 cm³/mol. The zero-order valence-electron chi connectivity index (χ0n) is 20.7. The van der Waals surface area contributed by atoms with Gasteiger partial charge in [-0.15, -0.1) is 11.3 Å². The third-order valence-corrected chi connectivity index (χ3v) is 7.70. The van der Waals surface area contributed by atoms with E-state index in [1.54, 1.807) is 20.8 Å². The van der Waals surface area contributed by atoms with Crippen molar-refractivity contribution >= 4 is 44.2 Å². The molecule has 0 aliphatic heterocycles. The zero-order chi connectivity index (χ0) is 28.1. The van der Waals surface area contributed by atoms with Crippen LogP contribution in [0.5, 0.6) is 0 Å². The summed E-state index contributed by atoms with van der Waals surface area (Å²) in [5.74, 6) is -3.19. The van der Waals surface area contributed by atoms with Gasteiger partial charge in [0, 0.05) is 4.88 Å². The number of alkyl halides is 3. The first-order valence-electron chi connectivity index (χ1n) is 11.0. The maximum absolute atomic E-state index is 13.0. The summed E-state index contributed by atoms with van der Waals surface area (Å²) in [5, 5.41) is 2.69. The lowest BCUT2D eigenvalue weighted by atomic mass is 10.1. The molecule has 2 aromatic rings. The fraction of sp³-hybridized carbons (Fsp3) is 0.435. The number of halogens is 3. The molecule has 14 heteroatoms. The Bertz CT molecular complexity index is 1270. The molecule has 0 unspecified atom stereocenters. The Hall–Kier alpha value is -2.97. The molecule has 0 bridgehead atoms. The van der Waals surface area contributed by atoms with Crippen molar-refractivity contribution in [2.24, 2.45) is 5.92 Å². The minimum atomic E-state index is -4.76. The second-order valence-corrected chi connectivity index (χ2v) is 11.2. The van der Waals surface area contributed by atoms with Crippen molar-refractivity contribution in [3.63, 3.8) is 0 Å². The van der Waals surface area contributed by atoms with Gasteiger partial charge < -0.3 is 14.8 Å². The number of benzene rings is 1. The summed E-state index contributed by atoms with van der Waals surface area (Å²) in [6.07, 6.45) is -4.76. The highest BCUT2D eigenvalue weighted by Crippen LogP contribution is 2.33. The van der Waals surface area contributed by atoms with E-state index in [1.165, 1.54) is 13.8 Å². The smallest absolute Gasteiger partial charge is 0.416 e. The van der Waals surface area contributed by atoms with Crippen LogP contribution in [0, 0.1) is 19.8 Å². The maximum Gasteiger partial charge on any atom is 0.416 e. The van der Waals surface area contributed by atoms with Crippen LogP contribution in [0.3, 0.4) is 0 Å². The molecule has 204 valence electrons. The summed E-state index contributed by atoms with van der Waals surface area (Å²) in [5.41, 5.74) is -0.366. The molecule has 9 nitrogen and oxygen atoms in total. The number of thiophene rings is 1. The zero-order valence-corrected chi connectivity index (χ0v) is 22.3. The molecule has 0 radical (unpaired) electrons. The number of aryl methyl sites for hydroxylation is 1. The molecule has 0 aliphatic carbocycles. The topological polar surface area (TPSA) is 128 Å². The Labute approximate surface area is 216 Å². The lowest BCUT2D eigenvalue weighted by Gasteiger charge is -2.21. The van der Waals surface area contributed by atoms with Gasteiger partial charge in [0.05, 0.1) is 22.6 Å². The van der Waals surface area contributed by atoms with E-state index in [9.17, 15) is 36.0 Å². The van der Waals surface area contributed by atoms with Gasteiger partial charge in [0.2, 0.25) is 10.0 Å². The van der Waals surface area contributed by atoms with E-state index in [-0.39, 0.29) is 17.2 Å². The number of carbonyl (C=O) groups is 3. The number of nitrogens with one attached hydrogen (secondary N) is 2. The van der Waals surface area contributed by atoms with Crippen molar-refractivity contribution in [1.29, 1.82) is 0 Å². The molecular formula is C23H27F3N2O7S2. The van der Waals surface area contributed by atoms with Crippen LogP contribution in [0.25, 0.3) is 0 Å². The standard InChI is InChI=1S/C23H27F3N2O7S2/c1-6-34-21(30)18-13(4)14(5)36-20(18)27-17(29)11-35-22(31)19(12(2)3)28-37(32,33)16-9-7-8-15(10-16)23(24,25)26/h7-10,12,19,28H,6,11H2,1-5H3,(H,27,29)/t19-/m0/s1. The number of hydrogen-bond acceptors (Lipinski definition) is 8. The molecule has 0 saturated carbocycles. The molecule has 0 saturated heterocycles. The van der Waals surface area contributed by atoms with Crippen molar-refractivity contribution in [2.75, 3.05) is 18.5 Å². The van der Waals surface area contributed by atoms with Gasteiger partial charge in [-0.05, 0) is 50.5 Å². The van der Waals surface area contributed by atoms with Crippen LogP contribution in [0.15, 0.2) is 29.2 Å². The number of hydrogen-bond donors (Lipinski definition) is 2. The van der Waals surface area contributed by atoms with Crippen LogP contribution in [0.4, 0.5) is 18.2 Å². The van der Waals surface area contributed by atoms with Gasteiger partial charge in [0.25, 0.3) is 5.91 Å². The number of amides is 1. The molecule has 1 amide bonds. The summed E-state index contributed by atoms with van der Waals surface area (Å²) in [4.78, 5) is 37.4. The lowest BCUT2D eigenvalue weighted by Crippen LogP contribution is -2.45. The Morgan fingerprint density at radius 3 is 2.32 bits per heavy atom. The molecular weight excluding hydrogens is 537 g/mol. The summed E-state index contributed by atoms with van der Waals surface area (Å²) in [7, 11) is -4.54. The first-order chi connectivity index (χ1) is 17.1. The van der Waals surface area contributed by atoms with Crippen molar-refractivity contribution < 1.29 is 45.4 Å². The van der Waals surface area contributed by atoms with Gasteiger partial charge in [-0.25, -0.2) is 13.2 Å². The van der Waals surface area contributed by atoms with Gasteiger partial charge in [0.1, 0.15) is 11.0 Å². The van der Waals surface area contributed by atoms with E-state index in [2.05, 4.69) is 5.32 Å². The fourth-order valence-corrected chi connectivity index (χ4v) is 5.53. The summed E-state index contributed by atoms with van der Waals surface area (Å²) < 4.78 is 76.4. The second kappa shape index (κ2) is 12.0. The third kappa shape index (κ3) is 7.76. The molecule has 2 rings (SSSR count). The minimum absolute atomic E-state index is 0.130. The van der Waals surface area contributed by atoms with Crippen LogP contribution >= 0.6 is 11.3 Å². The summed E-state index contributed by atoms with van der Waals surface area (Å²) in [6.45, 7) is 7.39. The number of rotatable bonds is 10. The molecule has 2 N–H and O–H groups in total. The molecule has 0 spiro atoms.